The van der Waals surface area contributed by atoms with Gasteiger partial charge in [-0.25, -0.2) is 0 Å². The van der Waals surface area contributed by atoms with Crippen molar-refractivity contribution in [3.05, 3.63) is 21.5 Å². The van der Waals surface area contributed by atoms with Gasteiger partial charge in [-0.2, -0.15) is 0 Å². The Hall–Kier alpha value is 0.580. The Morgan fingerprint density at radius 1 is 1.67 bits per heavy atom. The van der Waals surface area contributed by atoms with Gasteiger partial charge in [-0.05, 0) is 0 Å². The molecule has 1 rings (SSSR count). The van der Waals surface area contributed by atoms with Crippen molar-refractivity contribution in [3.8, 4) is 0 Å². The Labute approximate surface area is 65.8 Å². The van der Waals surface area contributed by atoms with E-state index in [-0.39, 0.29) is 2.85 Å². The van der Waals surface area contributed by atoms with Crippen LogP contribution in [-0.4, -0.2) is 6.88 Å². The average molecular weight is 219 g/mol. The molecule has 0 aliphatic heterocycles. The first-order chi connectivity index (χ1) is 4.11. The molecule has 0 aromatic rings. The molecule has 0 nitrogen and oxygen atoms in total. The van der Waals surface area contributed by atoms with Gasteiger partial charge in [0.25, 0.3) is 0 Å². The summed E-state index contributed by atoms with van der Waals surface area (Å²) in [7, 11) is 0. The SMILES string of the molecule is [CH3][Zr]([CH3])(=[SiH2])[C]1=CC=CC1.[H-].[H-]. The van der Waals surface area contributed by atoms with E-state index in [0.717, 1.165) is 0 Å². The van der Waals surface area contributed by atoms with E-state index in [4.69, 9.17) is 0 Å². The molecule has 0 aromatic carbocycles. The van der Waals surface area contributed by atoms with Crippen molar-refractivity contribution in [2.75, 3.05) is 0 Å². The first kappa shape index (κ1) is 7.68. The second-order valence-electron chi connectivity index (χ2n) is 3.21. The van der Waals surface area contributed by atoms with Crippen molar-refractivity contribution < 1.29 is 21.7 Å². The molecule has 0 spiro atoms. The molecule has 0 radical (unpaired) electrons. The summed E-state index contributed by atoms with van der Waals surface area (Å²) >= 11 is -1.57. The summed E-state index contributed by atoms with van der Waals surface area (Å²) in [5.41, 5.74) is 0. The van der Waals surface area contributed by atoms with Crippen LogP contribution >= 0.6 is 0 Å². The van der Waals surface area contributed by atoms with E-state index in [0.29, 0.717) is 0 Å². The molecule has 0 saturated carbocycles. The first-order valence-electron chi connectivity index (χ1n) is 3.32. The molecule has 1 aliphatic rings. The van der Waals surface area contributed by atoms with Gasteiger partial charge in [0.15, 0.2) is 0 Å². The Kier molecular flexibility index (Phi) is 2.28. The van der Waals surface area contributed by atoms with Crippen molar-refractivity contribution in [2.24, 2.45) is 0 Å². The summed E-state index contributed by atoms with van der Waals surface area (Å²) in [4.78, 5) is 0. The number of rotatable bonds is 1. The molecule has 0 amide bonds. The summed E-state index contributed by atoms with van der Waals surface area (Å²) in [5, 5.41) is 0. The minimum absolute atomic E-state index is 0. The van der Waals surface area contributed by atoms with Crippen molar-refractivity contribution in [1.82, 2.24) is 0 Å². The Morgan fingerprint density at radius 3 is 2.56 bits per heavy atom. The predicted octanol–water partition coefficient (Wildman–Crippen LogP) is 1.85. The van der Waals surface area contributed by atoms with E-state index >= 15 is 0 Å². The van der Waals surface area contributed by atoms with Crippen LogP contribution in [0, 0.1) is 0 Å². The van der Waals surface area contributed by atoms with Crippen LogP contribution in [0.2, 0.25) is 9.26 Å². The van der Waals surface area contributed by atoms with E-state index in [9.17, 15) is 0 Å². The summed E-state index contributed by atoms with van der Waals surface area (Å²) < 4.78 is 6.72. The van der Waals surface area contributed by atoms with Gasteiger partial charge in [0.2, 0.25) is 0 Å². The van der Waals surface area contributed by atoms with Crippen LogP contribution in [-0.2, 0) is 18.9 Å². The van der Waals surface area contributed by atoms with Crippen LogP contribution < -0.4 is 0 Å². The maximum atomic E-state index is 2.48. The molecule has 0 bridgehead atoms. The predicted molar refractivity (Wildman–Crippen MR) is 44.3 cm³/mol. The van der Waals surface area contributed by atoms with E-state index in [2.05, 4.69) is 34.4 Å². The third-order valence-electron chi connectivity index (χ3n) is 1.64. The Bertz CT molecular complexity index is 214. The molecule has 0 saturated heterocycles. The third kappa shape index (κ3) is 2.01. The van der Waals surface area contributed by atoms with Crippen LogP contribution in [0.1, 0.15) is 9.27 Å². The van der Waals surface area contributed by atoms with Gasteiger partial charge in [-0.15, -0.1) is 0 Å². The second kappa shape index (κ2) is 2.67. The van der Waals surface area contributed by atoms with E-state index < -0.39 is 18.9 Å². The van der Waals surface area contributed by atoms with Gasteiger partial charge in [0.05, 0.1) is 0 Å². The zero-order valence-corrected chi connectivity index (χ0v) is 10.0. The fourth-order valence-corrected chi connectivity index (χ4v) is 5.49. The molecule has 0 heterocycles. The van der Waals surface area contributed by atoms with E-state index in [1.807, 2.05) is 0 Å². The Morgan fingerprint density at radius 2 is 2.33 bits per heavy atom. The van der Waals surface area contributed by atoms with Gasteiger partial charge in [-0.1, -0.05) is 0 Å². The zero-order valence-electron chi connectivity index (χ0n) is 8.15. The molecular weight excluding hydrogens is 203 g/mol. The van der Waals surface area contributed by atoms with Crippen LogP contribution in [0.15, 0.2) is 21.5 Å². The first-order valence-corrected chi connectivity index (χ1v) is 15.4. The largest absolute Gasteiger partial charge is 1.00 e. The van der Waals surface area contributed by atoms with Gasteiger partial charge in [0, 0.05) is 0 Å². The second-order valence-corrected chi connectivity index (χ2v) is 24.5. The van der Waals surface area contributed by atoms with Gasteiger partial charge in [0.1, 0.15) is 0 Å². The topological polar surface area (TPSA) is 0 Å². The average Bonchev–Trinajstić information content (AvgIpc) is 2.08. The normalized spacial score (nSPS) is 18.2. The van der Waals surface area contributed by atoms with Crippen molar-refractivity contribution >= 4 is 6.88 Å². The smallest absolute Gasteiger partial charge is 1.00 e. The van der Waals surface area contributed by atoms with Crippen molar-refractivity contribution in [1.29, 1.82) is 0 Å². The molecule has 53 valence electrons. The van der Waals surface area contributed by atoms with Gasteiger partial charge < -0.3 is 2.85 Å². The summed E-state index contributed by atoms with van der Waals surface area (Å²) in [6.07, 6.45) is 8.04. The van der Waals surface area contributed by atoms with Gasteiger partial charge >= 0.3 is 63.0 Å². The molecule has 0 fully saturated rings. The van der Waals surface area contributed by atoms with Crippen molar-refractivity contribution in [3.63, 3.8) is 0 Å². The molecule has 0 N–H and O–H groups in total. The zero-order chi connectivity index (χ0) is 6.91. The fourth-order valence-electron chi connectivity index (χ4n) is 0.949. The summed E-state index contributed by atoms with van der Waals surface area (Å²) in [6, 6.07) is 0. The minimum atomic E-state index is -1.57. The van der Waals surface area contributed by atoms with Gasteiger partial charge in [-0.3, -0.25) is 0 Å². The van der Waals surface area contributed by atoms with E-state index in [1.54, 1.807) is 3.28 Å². The third-order valence-corrected chi connectivity index (χ3v) is 9.51. The van der Waals surface area contributed by atoms with E-state index in [1.165, 1.54) is 6.42 Å². The number of hydrogen-bond acceptors (Lipinski definition) is 0. The molecule has 2 heteroatoms. The standard InChI is InChI=1S/C5H5.2CH3.H2Si.Zr.2H/c1-2-4-5-3-1;;;;;;/h1-3H,4H2;2*1H3;1H2;;;/q;;;;;2*-1. The number of allylic oxidation sites excluding steroid dienone is 4. The van der Waals surface area contributed by atoms with Crippen LogP contribution in [0.25, 0.3) is 0 Å². The summed E-state index contributed by atoms with van der Waals surface area (Å²) in [5.74, 6) is 0. The molecule has 0 unspecified atom stereocenters. The van der Waals surface area contributed by atoms with Crippen LogP contribution in [0.5, 0.6) is 0 Å². The van der Waals surface area contributed by atoms with Crippen molar-refractivity contribution in [2.45, 2.75) is 15.7 Å². The minimum Gasteiger partial charge on any atom is -1.00 e. The molecule has 0 aromatic heterocycles. The molecule has 9 heavy (non-hydrogen) atoms. The number of hydrogen-bond donors (Lipinski definition) is 0. The fraction of sp³-hybridized carbons (Fsp3) is 0.429. The monoisotopic (exact) mass is 217 g/mol. The summed E-state index contributed by atoms with van der Waals surface area (Å²) in [6.45, 7) is 2.27. The maximum Gasteiger partial charge on any atom is -1.00 e. The molecule has 0 atom stereocenters. The maximum absolute atomic E-state index is 2.48. The van der Waals surface area contributed by atoms with Crippen LogP contribution in [0.4, 0.5) is 0 Å². The van der Waals surface area contributed by atoms with Crippen LogP contribution in [0.3, 0.4) is 0 Å². The molecule has 1 aliphatic carbocycles. The quantitative estimate of drug-likeness (QED) is 0.590. The molecular formula is C7H15SiZr-2. The Balaban J connectivity index is 0.